The van der Waals surface area contributed by atoms with Crippen LogP contribution in [-0.2, 0) is 41.6 Å². The number of rotatable bonds is 9. The lowest BCUT2D eigenvalue weighted by atomic mass is 9.86. The molecule has 0 saturated carbocycles. The normalized spacial score (nSPS) is 18.6. The molecule has 0 aliphatic carbocycles. The van der Waals surface area contributed by atoms with E-state index < -0.39 is 41.6 Å². The zero-order valence-corrected chi connectivity index (χ0v) is 20.8. The maximum atomic E-state index is 13.9. The number of esters is 2. The van der Waals surface area contributed by atoms with Gasteiger partial charge in [0.1, 0.15) is 18.2 Å². The molecular formula is C27H32N2O7. The van der Waals surface area contributed by atoms with E-state index in [0.717, 1.165) is 11.1 Å². The third kappa shape index (κ3) is 6.41. The van der Waals surface area contributed by atoms with Crippen LogP contribution in [-0.4, -0.2) is 60.2 Å². The molecule has 0 unspecified atom stereocenters. The lowest BCUT2D eigenvalue weighted by Crippen LogP contribution is -2.62. The Kier molecular flexibility index (Phi) is 9.05. The van der Waals surface area contributed by atoms with E-state index in [1.54, 1.807) is 0 Å². The van der Waals surface area contributed by atoms with Gasteiger partial charge in [0.2, 0.25) is 5.91 Å². The van der Waals surface area contributed by atoms with Gasteiger partial charge in [0.05, 0.1) is 7.11 Å². The molecule has 1 aliphatic rings. The van der Waals surface area contributed by atoms with Crippen molar-refractivity contribution >= 4 is 23.9 Å². The first-order chi connectivity index (χ1) is 17.3. The molecule has 0 bridgehead atoms. The number of benzene rings is 2. The summed E-state index contributed by atoms with van der Waals surface area (Å²) in [5.74, 6) is -1.91. The third-order valence-electron chi connectivity index (χ3n) is 6.24. The van der Waals surface area contributed by atoms with Gasteiger partial charge in [0.25, 0.3) is 0 Å². The Labute approximate surface area is 210 Å². The number of hydrogen-bond donors (Lipinski definition) is 1. The van der Waals surface area contributed by atoms with Crippen LogP contribution in [0.5, 0.6) is 0 Å². The Morgan fingerprint density at radius 3 is 2.19 bits per heavy atom. The Morgan fingerprint density at radius 1 is 1.00 bits per heavy atom. The number of carbonyl (C=O) groups is 4. The topological polar surface area (TPSA) is 111 Å². The van der Waals surface area contributed by atoms with Crippen LogP contribution in [0.2, 0.25) is 0 Å². The monoisotopic (exact) mass is 496 g/mol. The van der Waals surface area contributed by atoms with Crippen LogP contribution in [0, 0.1) is 0 Å². The fraction of sp³-hybridized carbons (Fsp3) is 0.407. The molecule has 1 saturated heterocycles. The van der Waals surface area contributed by atoms with Crippen LogP contribution in [0.25, 0.3) is 0 Å². The quantitative estimate of drug-likeness (QED) is 0.420. The molecule has 2 amide bonds. The summed E-state index contributed by atoms with van der Waals surface area (Å²) in [6.07, 6.45) is -0.444. The minimum Gasteiger partial charge on any atom is -0.467 e. The molecule has 192 valence electrons. The first-order valence-corrected chi connectivity index (χ1v) is 11.8. The molecule has 9 heteroatoms. The van der Waals surface area contributed by atoms with Gasteiger partial charge >= 0.3 is 18.0 Å². The number of hydrogen-bond acceptors (Lipinski definition) is 7. The number of methoxy groups -OCH3 is 1. The molecule has 0 aromatic heterocycles. The van der Waals surface area contributed by atoms with E-state index in [9.17, 15) is 19.2 Å². The zero-order chi connectivity index (χ0) is 26.1. The number of nitrogens with one attached hydrogen (secondary N) is 1. The Balaban J connectivity index is 1.89. The second-order valence-corrected chi connectivity index (χ2v) is 8.78. The van der Waals surface area contributed by atoms with Gasteiger partial charge in [-0.05, 0) is 30.9 Å². The molecule has 3 rings (SSSR count). The number of carbonyl (C=O) groups excluding carboxylic acids is 4. The summed E-state index contributed by atoms with van der Waals surface area (Å²) in [5, 5.41) is 2.69. The maximum absolute atomic E-state index is 13.9. The molecule has 9 nitrogen and oxygen atoms in total. The molecule has 36 heavy (non-hydrogen) atoms. The Hall–Kier alpha value is -3.88. The van der Waals surface area contributed by atoms with E-state index in [4.69, 9.17) is 14.2 Å². The van der Waals surface area contributed by atoms with Crippen LogP contribution >= 0.6 is 0 Å². The van der Waals surface area contributed by atoms with E-state index in [-0.39, 0.29) is 13.0 Å². The van der Waals surface area contributed by atoms with Crippen molar-refractivity contribution in [3.63, 3.8) is 0 Å². The van der Waals surface area contributed by atoms with Crippen LogP contribution in [0.4, 0.5) is 4.79 Å². The van der Waals surface area contributed by atoms with Crippen molar-refractivity contribution in [2.75, 3.05) is 13.7 Å². The van der Waals surface area contributed by atoms with Crippen molar-refractivity contribution in [1.82, 2.24) is 10.2 Å². The van der Waals surface area contributed by atoms with Crippen LogP contribution in [0.1, 0.15) is 37.8 Å². The van der Waals surface area contributed by atoms with Gasteiger partial charge in [-0.1, -0.05) is 60.7 Å². The summed E-state index contributed by atoms with van der Waals surface area (Å²) < 4.78 is 15.6. The molecule has 2 aromatic rings. The van der Waals surface area contributed by atoms with Crippen LogP contribution in [0.3, 0.4) is 0 Å². The highest BCUT2D eigenvalue weighted by Gasteiger charge is 2.51. The molecule has 1 N–H and O–H groups in total. The molecular weight excluding hydrogens is 464 g/mol. The minimum absolute atomic E-state index is 0.0630. The van der Waals surface area contributed by atoms with Gasteiger partial charge in [-0.25, -0.2) is 9.59 Å². The molecule has 3 atom stereocenters. The molecule has 2 aromatic carbocycles. The average molecular weight is 497 g/mol. The summed E-state index contributed by atoms with van der Waals surface area (Å²) in [6.45, 7) is 3.09. The summed E-state index contributed by atoms with van der Waals surface area (Å²) in [4.78, 5) is 52.5. The number of amides is 2. The summed E-state index contributed by atoms with van der Waals surface area (Å²) in [7, 11) is 1.19. The third-order valence-corrected chi connectivity index (χ3v) is 6.24. The SMILES string of the molecule is COC(=O)[C@@H](NC(=O)[C@@]1(Cc2ccccc2)CCCN1C(=O)OCc1ccccc1)[C@@H](C)OC(C)=O. The molecule has 1 fully saturated rings. The van der Waals surface area contributed by atoms with Crippen molar-refractivity contribution in [2.45, 2.75) is 57.4 Å². The van der Waals surface area contributed by atoms with Gasteiger partial charge in [-0.2, -0.15) is 0 Å². The van der Waals surface area contributed by atoms with E-state index >= 15 is 0 Å². The van der Waals surface area contributed by atoms with Gasteiger partial charge in [0.15, 0.2) is 6.04 Å². The minimum atomic E-state index is -1.31. The predicted octanol–water partition coefficient (Wildman–Crippen LogP) is 3.01. The molecule has 0 radical (unpaired) electrons. The number of likely N-dealkylation sites (tertiary alicyclic amines) is 1. The predicted molar refractivity (Wildman–Crippen MR) is 131 cm³/mol. The van der Waals surface area contributed by atoms with Crippen molar-refractivity contribution in [2.24, 2.45) is 0 Å². The lowest BCUT2D eigenvalue weighted by Gasteiger charge is -2.38. The van der Waals surface area contributed by atoms with Crippen LogP contribution in [0.15, 0.2) is 60.7 Å². The fourth-order valence-electron chi connectivity index (χ4n) is 4.48. The fourth-order valence-corrected chi connectivity index (χ4v) is 4.48. The summed E-state index contributed by atoms with van der Waals surface area (Å²) in [6, 6.07) is 17.3. The first-order valence-electron chi connectivity index (χ1n) is 11.8. The maximum Gasteiger partial charge on any atom is 0.411 e. The lowest BCUT2D eigenvalue weighted by molar-refractivity contribution is -0.157. The standard InChI is InChI=1S/C27H32N2O7/c1-19(36-20(2)30)23(24(31)34-3)28-25(32)27(17-21-11-6-4-7-12-21)15-10-16-29(27)26(33)35-18-22-13-8-5-9-14-22/h4-9,11-14,19,23H,10,15-18H2,1-3H3,(H,28,32)/t19-,23+,27+/m1/s1. The first kappa shape index (κ1) is 26.7. The van der Waals surface area contributed by atoms with Crippen molar-refractivity contribution < 1.29 is 33.4 Å². The highest BCUT2D eigenvalue weighted by molar-refractivity contribution is 5.94. The largest absolute Gasteiger partial charge is 0.467 e. The van der Waals surface area contributed by atoms with Gasteiger partial charge in [-0.3, -0.25) is 14.5 Å². The second-order valence-electron chi connectivity index (χ2n) is 8.78. The molecule has 1 aliphatic heterocycles. The smallest absolute Gasteiger partial charge is 0.411 e. The van der Waals surface area contributed by atoms with Crippen molar-refractivity contribution in [3.8, 4) is 0 Å². The average Bonchev–Trinajstić information content (AvgIpc) is 3.30. The van der Waals surface area contributed by atoms with Crippen molar-refractivity contribution in [3.05, 3.63) is 71.8 Å². The van der Waals surface area contributed by atoms with Crippen molar-refractivity contribution in [1.29, 1.82) is 0 Å². The second kappa shape index (κ2) is 12.2. The van der Waals surface area contributed by atoms with E-state index in [1.807, 2.05) is 60.7 Å². The van der Waals surface area contributed by atoms with Gasteiger partial charge < -0.3 is 19.5 Å². The van der Waals surface area contributed by atoms with E-state index in [1.165, 1.54) is 25.9 Å². The molecule has 0 spiro atoms. The Bertz CT molecular complexity index is 1060. The van der Waals surface area contributed by atoms with Gasteiger partial charge in [-0.15, -0.1) is 0 Å². The highest BCUT2D eigenvalue weighted by atomic mass is 16.6. The number of ether oxygens (including phenoxy) is 3. The highest BCUT2D eigenvalue weighted by Crippen LogP contribution is 2.34. The zero-order valence-electron chi connectivity index (χ0n) is 20.8. The van der Waals surface area contributed by atoms with E-state index in [0.29, 0.717) is 19.4 Å². The summed E-state index contributed by atoms with van der Waals surface area (Å²) >= 11 is 0. The summed E-state index contributed by atoms with van der Waals surface area (Å²) in [5.41, 5.74) is 0.360. The number of nitrogens with zero attached hydrogens (tertiary/aromatic N) is 1. The van der Waals surface area contributed by atoms with Gasteiger partial charge in [0, 0.05) is 19.9 Å². The Morgan fingerprint density at radius 2 is 1.61 bits per heavy atom. The van der Waals surface area contributed by atoms with E-state index in [2.05, 4.69) is 5.32 Å². The van der Waals surface area contributed by atoms with Crippen LogP contribution < -0.4 is 5.32 Å². The molecule has 1 heterocycles.